The number of aromatic nitrogens is 3. The van der Waals surface area contributed by atoms with E-state index in [1.165, 1.54) is 27.6 Å². The van der Waals surface area contributed by atoms with E-state index in [9.17, 15) is 4.79 Å². The number of carbonyl (C=O) groups is 1. The molecule has 7 heteroatoms. The van der Waals surface area contributed by atoms with Gasteiger partial charge in [0.2, 0.25) is 11.1 Å². The van der Waals surface area contributed by atoms with Gasteiger partial charge < -0.3 is 10.7 Å². The Balaban J connectivity index is 1.50. The van der Waals surface area contributed by atoms with Gasteiger partial charge in [-0.25, -0.2) is 4.68 Å². The largest absolute Gasteiger partial charge is 0.335 e. The lowest BCUT2D eigenvalue weighted by Gasteiger charge is -2.21. The van der Waals surface area contributed by atoms with Crippen molar-refractivity contribution in [1.82, 2.24) is 14.9 Å². The van der Waals surface area contributed by atoms with E-state index >= 15 is 0 Å². The highest BCUT2D eigenvalue weighted by atomic mass is 32.2. The van der Waals surface area contributed by atoms with Gasteiger partial charge in [0.05, 0.1) is 5.25 Å². The number of benzene rings is 2. The van der Waals surface area contributed by atoms with Crippen molar-refractivity contribution in [3.63, 3.8) is 0 Å². The minimum absolute atomic E-state index is 0.0593. The molecule has 0 bridgehead atoms. The van der Waals surface area contributed by atoms with E-state index in [1.54, 1.807) is 0 Å². The van der Waals surface area contributed by atoms with Crippen molar-refractivity contribution in [1.29, 1.82) is 0 Å². The summed E-state index contributed by atoms with van der Waals surface area (Å²) in [6.07, 6.45) is 0.890. The van der Waals surface area contributed by atoms with Gasteiger partial charge in [0, 0.05) is 17.8 Å². The number of anilines is 1. The molecule has 1 aromatic heterocycles. The number of fused-ring (bicyclic) bond motifs is 1. The molecule has 2 heterocycles. The Kier molecular flexibility index (Phi) is 5.32. The van der Waals surface area contributed by atoms with E-state index in [0.29, 0.717) is 17.5 Å². The third kappa shape index (κ3) is 3.81. The second-order valence-corrected chi connectivity index (χ2v) is 9.94. The molecule has 1 atom stereocenters. The van der Waals surface area contributed by atoms with Crippen molar-refractivity contribution in [2.75, 3.05) is 17.3 Å². The molecule has 0 spiro atoms. The zero-order chi connectivity index (χ0) is 21.5. The molecule has 1 aliphatic heterocycles. The quantitative estimate of drug-likeness (QED) is 0.508. The van der Waals surface area contributed by atoms with Crippen LogP contribution in [0.25, 0.3) is 11.4 Å². The zero-order valence-electron chi connectivity index (χ0n) is 17.8. The van der Waals surface area contributed by atoms with Crippen LogP contribution in [0.5, 0.6) is 0 Å². The number of hydrogen-bond acceptors (Lipinski definition) is 5. The van der Waals surface area contributed by atoms with Crippen LogP contribution in [0.3, 0.4) is 0 Å². The number of nitrogens with zero attached hydrogens (tertiary/aromatic N) is 4. The van der Waals surface area contributed by atoms with Gasteiger partial charge in [-0.05, 0) is 36.0 Å². The van der Waals surface area contributed by atoms with Crippen molar-refractivity contribution in [3.05, 3.63) is 59.7 Å². The molecule has 0 saturated carbocycles. The van der Waals surface area contributed by atoms with Gasteiger partial charge >= 0.3 is 0 Å². The summed E-state index contributed by atoms with van der Waals surface area (Å²) in [6, 6.07) is 16.3. The lowest BCUT2D eigenvalue weighted by atomic mass is 9.87. The Hall–Kier alpha value is -2.80. The lowest BCUT2D eigenvalue weighted by molar-refractivity contribution is -0.117. The van der Waals surface area contributed by atoms with Gasteiger partial charge in [-0.1, -0.05) is 75.0 Å². The molecule has 3 aromatic rings. The Morgan fingerprint density at radius 1 is 1.10 bits per heavy atom. The molecule has 0 radical (unpaired) electrons. The maximum atomic E-state index is 13.0. The van der Waals surface area contributed by atoms with Crippen LogP contribution in [0.15, 0.2) is 53.7 Å². The van der Waals surface area contributed by atoms with Crippen molar-refractivity contribution < 1.29 is 4.79 Å². The molecule has 6 nitrogen and oxygen atoms in total. The summed E-state index contributed by atoms with van der Waals surface area (Å²) in [5, 5.41) is 8.71. The summed E-state index contributed by atoms with van der Waals surface area (Å²) < 4.78 is 1.47. The third-order valence-electron chi connectivity index (χ3n) is 5.46. The zero-order valence-corrected chi connectivity index (χ0v) is 18.6. The molecule has 156 valence electrons. The number of nitrogen functional groups attached to an aromatic ring is 1. The standard InChI is InChI=1S/C23H27N5OS/c1-15(21(29)27-14-13-16-7-5-6-8-19(16)27)30-22-26-25-20(28(22)24)17-9-11-18(12-10-17)23(2,3)4/h5-12,15H,13-14,24H2,1-4H3/t15-/m0/s1. The van der Waals surface area contributed by atoms with Crippen molar-refractivity contribution in [2.45, 2.75) is 49.9 Å². The van der Waals surface area contributed by atoms with E-state index in [4.69, 9.17) is 5.84 Å². The second-order valence-electron chi connectivity index (χ2n) is 8.63. The Morgan fingerprint density at radius 3 is 2.50 bits per heavy atom. The van der Waals surface area contributed by atoms with Crippen molar-refractivity contribution in [3.8, 4) is 11.4 Å². The number of nitrogens with two attached hydrogens (primary N) is 1. The van der Waals surface area contributed by atoms with Gasteiger partial charge in [-0.2, -0.15) is 0 Å². The van der Waals surface area contributed by atoms with E-state index < -0.39 is 0 Å². The average Bonchev–Trinajstić information content (AvgIpc) is 3.31. The summed E-state index contributed by atoms with van der Waals surface area (Å²) >= 11 is 1.34. The molecule has 4 rings (SSSR count). The number of carbonyl (C=O) groups excluding carboxylic acids is 1. The molecule has 30 heavy (non-hydrogen) atoms. The minimum atomic E-state index is -0.321. The first-order chi connectivity index (χ1) is 14.3. The summed E-state index contributed by atoms with van der Waals surface area (Å²) in [6.45, 7) is 9.14. The molecule has 1 aliphatic rings. The summed E-state index contributed by atoms with van der Waals surface area (Å²) in [5.74, 6) is 6.93. The highest BCUT2D eigenvalue weighted by molar-refractivity contribution is 8.00. The van der Waals surface area contributed by atoms with E-state index in [1.807, 2.05) is 42.2 Å². The van der Waals surface area contributed by atoms with Crippen molar-refractivity contribution in [2.24, 2.45) is 0 Å². The van der Waals surface area contributed by atoms with E-state index in [0.717, 1.165) is 17.7 Å². The molecule has 0 unspecified atom stereocenters. The highest BCUT2D eigenvalue weighted by Crippen LogP contribution is 2.32. The van der Waals surface area contributed by atoms with Crippen LogP contribution in [0, 0.1) is 0 Å². The smallest absolute Gasteiger partial charge is 0.240 e. The van der Waals surface area contributed by atoms with Gasteiger partial charge in [0.15, 0.2) is 5.82 Å². The molecular formula is C23H27N5OS. The predicted octanol–water partition coefficient (Wildman–Crippen LogP) is 4.03. The molecular weight excluding hydrogens is 394 g/mol. The molecule has 2 N–H and O–H groups in total. The second kappa shape index (κ2) is 7.80. The SMILES string of the molecule is C[C@H](Sc1nnc(-c2ccc(C(C)(C)C)cc2)n1N)C(=O)N1CCc2ccccc21. The molecule has 2 aromatic carbocycles. The molecule has 0 fully saturated rings. The maximum absolute atomic E-state index is 13.0. The van der Waals surface area contributed by atoms with Crippen LogP contribution >= 0.6 is 11.8 Å². The number of hydrogen-bond donors (Lipinski definition) is 1. The van der Waals surface area contributed by atoms with Crippen LogP contribution in [0.2, 0.25) is 0 Å². The summed E-state index contributed by atoms with van der Waals surface area (Å²) in [7, 11) is 0. The van der Waals surface area contributed by atoms with Gasteiger partial charge in [0.1, 0.15) is 0 Å². The minimum Gasteiger partial charge on any atom is -0.335 e. The Morgan fingerprint density at radius 2 is 1.80 bits per heavy atom. The summed E-state index contributed by atoms with van der Waals surface area (Å²) in [4.78, 5) is 14.9. The van der Waals surface area contributed by atoms with E-state index in [2.05, 4.69) is 49.2 Å². The molecule has 0 saturated heterocycles. The summed E-state index contributed by atoms with van der Waals surface area (Å²) in [5.41, 5.74) is 4.45. The Bertz CT molecular complexity index is 1070. The van der Waals surface area contributed by atoms with Crippen LogP contribution in [0.1, 0.15) is 38.8 Å². The number of rotatable bonds is 4. The topological polar surface area (TPSA) is 77.0 Å². The fourth-order valence-corrected chi connectivity index (χ4v) is 4.50. The first kappa shape index (κ1) is 20.5. The predicted molar refractivity (Wildman–Crippen MR) is 122 cm³/mol. The first-order valence-corrected chi connectivity index (χ1v) is 11.0. The van der Waals surface area contributed by atoms with Gasteiger partial charge in [0.25, 0.3) is 0 Å². The number of amides is 1. The average molecular weight is 422 g/mol. The Labute approximate surface area is 181 Å². The highest BCUT2D eigenvalue weighted by Gasteiger charge is 2.29. The monoisotopic (exact) mass is 421 g/mol. The van der Waals surface area contributed by atoms with E-state index in [-0.39, 0.29) is 16.6 Å². The molecule has 1 amide bonds. The van der Waals surface area contributed by atoms with Crippen LogP contribution < -0.4 is 10.7 Å². The van der Waals surface area contributed by atoms with Crippen molar-refractivity contribution >= 4 is 23.4 Å². The first-order valence-electron chi connectivity index (χ1n) is 10.1. The number of thioether (sulfide) groups is 1. The fourth-order valence-electron chi connectivity index (χ4n) is 3.67. The van der Waals surface area contributed by atoms with Crippen LogP contribution in [0.4, 0.5) is 5.69 Å². The van der Waals surface area contributed by atoms with Crippen LogP contribution in [-0.2, 0) is 16.6 Å². The fraction of sp³-hybridized carbons (Fsp3) is 0.348. The van der Waals surface area contributed by atoms with Gasteiger partial charge in [-0.15, -0.1) is 10.2 Å². The molecule has 0 aliphatic carbocycles. The maximum Gasteiger partial charge on any atom is 0.240 e. The normalized spacial score (nSPS) is 14.6. The number of para-hydroxylation sites is 1. The van der Waals surface area contributed by atoms with Crippen LogP contribution in [-0.4, -0.2) is 32.6 Å². The van der Waals surface area contributed by atoms with Gasteiger partial charge in [-0.3, -0.25) is 4.79 Å². The third-order valence-corrected chi connectivity index (χ3v) is 6.50. The lowest BCUT2D eigenvalue weighted by Crippen LogP contribution is -2.35.